The fourth-order valence-electron chi connectivity index (χ4n) is 2.61. The highest BCUT2D eigenvalue weighted by atomic mass is 35.5. The molecule has 0 spiro atoms. The Bertz CT molecular complexity index is 479. The molecule has 0 aromatic heterocycles. The lowest BCUT2D eigenvalue weighted by atomic mass is 10.1. The van der Waals surface area contributed by atoms with Crippen molar-refractivity contribution in [2.75, 3.05) is 33.3 Å². The number of hydrogen-bond donors (Lipinski definition) is 1. The zero-order chi connectivity index (χ0) is 14.5. The highest BCUT2D eigenvalue weighted by Gasteiger charge is 2.25. The van der Waals surface area contributed by atoms with Crippen LogP contribution in [0.3, 0.4) is 0 Å². The van der Waals surface area contributed by atoms with E-state index < -0.39 is 0 Å². The summed E-state index contributed by atoms with van der Waals surface area (Å²) in [6.45, 7) is 6.82. The molecule has 21 heavy (non-hydrogen) atoms. The van der Waals surface area contributed by atoms with Gasteiger partial charge in [-0.2, -0.15) is 0 Å². The Morgan fingerprint density at radius 1 is 1.43 bits per heavy atom. The number of carbonyl (C=O) groups excluding carboxylic acids is 1. The second-order valence-corrected chi connectivity index (χ2v) is 5.61. The summed E-state index contributed by atoms with van der Waals surface area (Å²) in [6, 6.07) is 6.05. The lowest BCUT2D eigenvalue weighted by Gasteiger charge is -2.17. The molecule has 2 rings (SSSR count). The summed E-state index contributed by atoms with van der Waals surface area (Å²) < 4.78 is 5.68. The summed E-state index contributed by atoms with van der Waals surface area (Å²) in [7, 11) is 1.95. The summed E-state index contributed by atoms with van der Waals surface area (Å²) in [4.78, 5) is 14.1. The molecule has 1 fully saturated rings. The van der Waals surface area contributed by atoms with Gasteiger partial charge < -0.3 is 15.0 Å². The number of ether oxygens (including phenoxy) is 1. The monoisotopic (exact) mass is 312 g/mol. The minimum atomic E-state index is 0. The average molecular weight is 313 g/mol. The Hall–Kier alpha value is -1.26. The van der Waals surface area contributed by atoms with Gasteiger partial charge in [-0.25, -0.2) is 0 Å². The quantitative estimate of drug-likeness (QED) is 0.906. The van der Waals surface area contributed by atoms with Crippen LogP contribution in [0, 0.1) is 19.8 Å². The lowest BCUT2D eigenvalue weighted by Crippen LogP contribution is -2.34. The van der Waals surface area contributed by atoms with Crippen molar-refractivity contribution in [1.29, 1.82) is 0 Å². The maximum absolute atomic E-state index is 12.1. The van der Waals surface area contributed by atoms with Crippen LogP contribution in [-0.2, 0) is 4.79 Å². The van der Waals surface area contributed by atoms with E-state index >= 15 is 0 Å². The Balaban J connectivity index is 0.00000220. The first-order valence-electron chi connectivity index (χ1n) is 7.22. The largest absolute Gasteiger partial charge is 0.483 e. The van der Waals surface area contributed by atoms with Gasteiger partial charge in [-0.05, 0) is 57.0 Å². The van der Waals surface area contributed by atoms with Gasteiger partial charge in [-0.3, -0.25) is 4.79 Å². The van der Waals surface area contributed by atoms with Crippen LogP contribution in [0.2, 0.25) is 0 Å². The molecule has 1 saturated heterocycles. The SMILES string of the molecule is CNCC1CCN(C(=O)COc2cc(C)ccc2C)C1.Cl. The summed E-state index contributed by atoms with van der Waals surface area (Å²) in [5, 5.41) is 3.17. The number of amides is 1. The van der Waals surface area contributed by atoms with Gasteiger partial charge in [0.25, 0.3) is 5.91 Å². The van der Waals surface area contributed by atoms with Gasteiger partial charge in [-0.1, -0.05) is 12.1 Å². The van der Waals surface area contributed by atoms with Crippen LogP contribution in [0.4, 0.5) is 0 Å². The zero-order valence-corrected chi connectivity index (χ0v) is 13.8. The van der Waals surface area contributed by atoms with E-state index in [9.17, 15) is 4.79 Å². The van der Waals surface area contributed by atoms with Crippen LogP contribution in [0.1, 0.15) is 17.5 Å². The third-order valence-corrected chi connectivity index (χ3v) is 3.83. The third kappa shape index (κ3) is 4.90. The van der Waals surface area contributed by atoms with E-state index in [1.54, 1.807) is 0 Å². The minimum Gasteiger partial charge on any atom is -0.483 e. The molecule has 4 nitrogen and oxygen atoms in total. The highest BCUT2D eigenvalue weighted by Crippen LogP contribution is 2.20. The van der Waals surface area contributed by atoms with Crippen molar-refractivity contribution in [3.05, 3.63) is 29.3 Å². The molecule has 1 amide bonds. The standard InChI is InChI=1S/C16H24N2O2.ClH/c1-12-4-5-13(2)15(8-12)20-11-16(19)18-7-6-14(10-18)9-17-3;/h4-5,8,14,17H,6-7,9-11H2,1-3H3;1H. The van der Waals surface area contributed by atoms with Crippen molar-refractivity contribution >= 4 is 18.3 Å². The maximum Gasteiger partial charge on any atom is 0.260 e. The van der Waals surface area contributed by atoms with Gasteiger partial charge in [-0.15, -0.1) is 12.4 Å². The van der Waals surface area contributed by atoms with Crippen LogP contribution in [0.5, 0.6) is 5.75 Å². The van der Waals surface area contributed by atoms with E-state index in [0.717, 1.165) is 42.9 Å². The molecule has 1 heterocycles. The predicted molar refractivity (Wildman–Crippen MR) is 87.3 cm³/mol. The Morgan fingerprint density at radius 3 is 2.90 bits per heavy atom. The predicted octanol–water partition coefficient (Wildman–Crippen LogP) is 2.17. The van der Waals surface area contributed by atoms with Gasteiger partial charge in [0.2, 0.25) is 0 Å². The molecule has 0 bridgehead atoms. The normalized spacial score (nSPS) is 17.5. The molecule has 1 aliphatic heterocycles. The van der Waals surface area contributed by atoms with Gasteiger partial charge >= 0.3 is 0 Å². The molecule has 1 aromatic rings. The molecule has 0 radical (unpaired) electrons. The van der Waals surface area contributed by atoms with Crippen LogP contribution >= 0.6 is 12.4 Å². The van der Waals surface area contributed by atoms with Crippen molar-refractivity contribution in [1.82, 2.24) is 10.2 Å². The number of likely N-dealkylation sites (tertiary alicyclic amines) is 1. The molecule has 5 heteroatoms. The molecule has 1 aliphatic rings. The number of nitrogens with one attached hydrogen (secondary N) is 1. The van der Waals surface area contributed by atoms with E-state index in [2.05, 4.69) is 5.32 Å². The number of carbonyl (C=O) groups is 1. The number of rotatable bonds is 5. The fraction of sp³-hybridized carbons (Fsp3) is 0.562. The second kappa shape index (κ2) is 8.25. The Labute approximate surface area is 133 Å². The maximum atomic E-state index is 12.1. The summed E-state index contributed by atoms with van der Waals surface area (Å²) in [5.41, 5.74) is 2.21. The molecule has 118 valence electrons. The van der Waals surface area contributed by atoms with Crippen molar-refractivity contribution < 1.29 is 9.53 Å². The molecule has 1 atom stereocenters. The van der Waals surface area contributed by atoms with Gasteiger partial charge in [0.05, 0.1) is 0 Å². The summed E-state index contributed by atoms with van der Waals surface area (Å²) in [5.74, 6) is 1.47. The molecule has 1 N–H and O–H groups in total. The number of halogens is 1. The summed E-state index contributed by atoms with van der Waals surface area (Å²) in [6.07, 6.45) is 1.08. The van der Waals surface area contributed by atoms with Crippen molar-refractivity contribution in [2.45, 2.75) is 20.3 Å². The number of nitrogens with zero attached hydrogens (tertiary/aromatic N) is 1. The van der Waals surface area contributed by atoms with E-state index in [4.69, 9.17) is 4.74 Å². The number of hydrogen-bond acceptors (Lipinski definition) is 3. The van der Waals surface area contributed by atoms with E-state index in [1.165, 1.54) is 0 Å². The summed E-state index contributed by atoms with van der Waals surface area (Å²) >= 11 is 0. The van der Waals surface area contributed by atoms with Crippen molar-refractivity contribution in [3.63, 3.8) is 0 Å². The molecule has 1 unspecified atom stereocenters. The fourth-order valence-corrected chi connectivity index (χ4v) is 2.61. The molecular formula is C16H25ClN2O2. The first kappa shape index (κ1) is 17.8. The average Bonchev–Trinajstić information content (AvgIpc) is 2.88. The first-order chi connectivity index (χ1) is 9.60. The minimum absolute atomic E-state index is 0. The van der Waals surface area contributed by atoms with Crippen LogP contribution < -0.4 is 10.1 Å². The van der Waals surface area contributed by atoms with E-state index in [-0.39, 0.29) is 24.9 Å². The first-order valence-corrected chi connectivity index (χ1v) is 7.22. The van der Waals surface area contributed by atoms with Crippen molar-refractivity contribution in [3.8, 4) is 5.75 Å². The Morgan fingerprint density at radius 2 is 2.19 bits per heavy atom. The molecule has 0 saturated carbocycles. The molecular weight excluding hydrogens is 288 g/mol. The van der Waals surface area contributed by atoms with Crippen LogP contribution in [0.25, 0.3) is 0 Å². The van der Waals surface area contributed by atoms with Gasteiger partial charge in [0.15, 0.2) is 6.61 Å². The Kier molecular flexibility index (Phi) is 6.99. The van der Waals surface area contributed by atoms with E-state index in [1.807, 2.05) is 44.0 Å². The van der Waals surface area contributed by atoms with E-state index in [0.29, 0.717) is 5.92 Å². The molecule has 1 aromatic carbocycles. The lowest BCUT2D eigenvalue weighted by molar-refractivity contribution is -0.132. The topological polar surface area (TPSA) is 41.6 Å². The molecule has 0 aliphatic carbocycles. The zero-order valence-electron chi connectivity index (χ0n) is 13.0. The highest BCUT2D eigenvalue weighted by molar-refractivity contribution is 5.85. The number of aryl methyl sites for hydroxylation is 2. The van der Waals surface area contributed by atoms with Gasteiger partial charge in [0, 0.05) is 13.1 Å². The van der Waals surface area contributed by atoms with Crippen LogP contribution in [0.15, 0.2) is 18.2 Å². The van der Waals surface area contributed by atoms with Crippen molar-refractivity contribution in [2.24, 2.45) is 5.92 Å². The number of benzene rings is 1. The van der Waals surface area contributed by atoms with Gasteiger partial charge in [0.1, 0.15) is 5.75 Å². The van der Waals surface area contributed by atoms with Crippen LogP contribution in [-0.4, -0.2) is 44.1 Å². The second-order valence-electron chi connectivity index (χ2n) is 5.61. The third-order valence-electron chi connectivity index (χ3n) is 3.83. The smallest absolute Gasteiger partial charge is 0.260 e.